The Morgan fingerprint density at radius 2 is 2.14 bits per heavy atom. The molecule has 0 spiro atoms. The molecular formula is C9H6BrFO3. The van der Waals surface area contributed by atoms with E-state index in [0.29, 0.717) is 0 Å². The Morgan fingerprint density at radius 3 is 2.71 bits per heavy atom. The van der Waals surface area contributed by atoms with E-state index in [1.54, 1.807) is 0 Å². The molecule has 1 aromatic carbocycles. The molecule has 0 unspecified atom stereocenters. The maximum absolute atomic E-state index is 13.2. The second-order valence-corrected chi connectivity index (χ2v) is 3.33. The third-order valence-electron chi connectivity index (χ3n) is 1.50. The van der Waals surface area contributed by atoms with E-state index in [0.717, 1.165) is 12.2 Å². The minimum Gasteiger partial charge on any atom is -0.504 e. The van der Waals surface area contributed by atoms with Gasteiger partial charge in [0.05, 0.1) is 4.47 Å². The van der Waals surface area contributed by atoms with Crippen LogP contribution in [0.2, 0.25) is 0 Å². The van der Waals surface area contributed by atoms with Crippen molar-refractivity contribution in [3.63, 3.8) is 0 Å². The first-order chi connectivity index (χ1) is 6.52. The van der Waals surface area contributed by atoms with Gasteiger partial charge in [0, 0.05) is 11.6 Å². The first kappa shape index (κ1) is 10.7. The highest BCUT2D eigenvalue weighted by atomic mass is 79.9. The standard InChI is InChI=1S/C9H6BrFO3/c10-6-3-1-5(2-4-7(12)13)8(11)9(6)14/h1-4,14H,(H,12,13)/b4-2+. The maximum Gasteiger partial charge on any atom is 0.328 e. The normalized spacial score (nSPS) is 10.7. The molecule has 14 heavy (non-hydrogen) atoms. The number of carboxylic acids is 1. The van der Waals surface area contributed by atoms with E-state index in [9.17, 15) is 9.18 Å². The SMILES string of the molecule is O=C(O)/C=C/c1ccc(Br)c(O)c1F. The summed E-state index contributed by atoms with van der Waals surface area (Å²) in [7, 11) is 0. The molecule has 2 N–H and O–H groups in total. The van der Waals surface area contributed by atoms with E-state index < -0.39 is 17.5 Å². The van der Waals surface area contributed by atoms with Crippen LogP contribution < -0.4 is 0 Å². The predicted molar refractivity (Wildman–Crippen MR) is 52.4 cm³/mol. The van der Waals surface area contributed by atoms with Gasteiger partial charge < -0.3 is 10.2 Å². The van der Waals surface area contributed by atoms with Crippen molar-refractivity contribution >= 4 is 28.0 Å². The van der Waals surface area contributed by atoms with Gasteiger partial charge in [-0.25, -0.2) is 9.18 Å². The maximum atomic E-state index is 13.2. The third-order valence-corrected chi connectivity index (χ3v) is 2.14. The summed E-state index contributed by atoms with van der Waals surface area (Å²) in [6, 6.07) is 2.79. The summed E-state index contributed by atoms with van der Waals surface area (Å²) < 4.78 is 13.4. The van der Waals surface area contributed by atoms with Crippen LogP contribution in [0.15, 0.2) is 22.7 Å². The third kappa shape index (κ3) is 2.32. The van der Waals surface area contributed by atoms with Crippen molar-refractivity contribution in [3.8, 4) is 5.75 Å². The zero-order valence-corrected chi connectivity index (χ0v) is 8.45. The van der Waals surface area contributed by atoms with Gasteiger partial charge in [0.25, 0.3) is 0 Å². The lowest BCUT2D eigenvalue weighted by atomic mass is 10.2. The van der Waals surface area contributed by atoms with Gasteiger partial charge in [-0.05, 0) is 28.1 Å². The first-order valence-corrected chi connectivity index (χ1v) is 4.39. The Kier molecular flexibility index (Phi) is 3.24. The molecule has 3 nitrogen and oxygen atoms in total. The van der Waals surface area contributed by atoms with Gasteiger partial charge >= 0.3 is 5.97 Å². The van der Waals surface area contributed by atoms with E-state index in [2.05, 4.69) is 15.9 Å². The number of hydrogen-bond donors (Lipinski definition) is 2. The fourth-order valence-corrected chi connectivity index (χ4v) is 1.15. The average molecular weight is 261 g/mol. The average Bonchev–Trinajstić information content (AvgIpc) is 2.13. The monoisotopic (exact) mass is 260 g/mol. The summed E-state index contributed by atoms with van der Waals surface area (Å²) >= 11 is 2.93. The number of carbonyl (C=O) groups is 1. The van der Waals surface area contributed by atoms with Gasteiger partial charge in [0.2, 0.25) is 0 Å². The molecule has 0 aliphatic heterocycles. The number of rotatable bonds is 2. The zero-order valence-electron chi connectivity index (χ0n) is 6.87. The van der Waals surface area contributed by atoms with Crippen LogP contribution in [-0.4, -0.2) is 16.2 Å². The van der Waals surface area contributed by atoms with Crippen molar-refractivity contribution < 1.29 is 19.4 Å². The molecule has 0 bridgehead atoms. The molecule has 74 valence electrons. The first-order valence-electron chi connectivity index (χ1n) is 3.60. The number of aromatic hydroxyl groups is 1. The Labute approximate surface area is 87.6 Å². The molecule has 0 fully saturated rings. The summed E-state index contributed by atoms with van der Waals surface area (Å²) in [5, 5.41) is 17.5. The van der Waals surface area contributed by atoms with Gasteiger partial charge in [-0.2, -0.15) is 0 Å². The number of carboxylic acid groups (broad SMARTS) is 1. The van der Waals surface area contributed by atoms with E-state index in [-0.39, 0.29) is 10.0 Å². The van der Waals surface area contributed by atoms with Crippen LogP contribution in [0.5, 0.6) is 5.75 Å². The molecule has 0 amide bonds. The van der Waals surface area contributed by atoms with Crippen LogP contribution in [0.25, 0.3) is 6.08 Å². The molecule has 0 aliphatic rings. The highest BCUT2D eigenvalue weighted by molar-refractivity contribution is 9.10. The molecular weight excluding hydrogens is 255 g/mol. The number of benzene rings is 1. The van der Waals surface area contributed by atoms with Crippen molar-refractivity contribution in [1.82, 2.24) is 0 Å². The van der Waals surface area contributed by atoms with Crippen molar-refractivity contribution in [2.24, 2.45) is 0 Å². The molecule has 0 aliphatic carbocycles. The number of halogens is 2. The zero-order chi connectivity index (χ0) is 10.7. The van der Waals surface area contributed by atoms with Gasteiger partial charge in [-0.3, -0.25) is 0 Å². The Morgan fingerprint density at radius 1 is 1.50 bits per heavy atom. The molecule has 0 heterocycles. The van der Waals surface area contributed by atoms with Gasteiger partial charge in [-0.15, -0.1) is 0 Å². The summed E-state index contributed by atoms with van der Waals surface area (Å²) in [5.74, 6) is -2.55. The van der Waals surface area contributed by atoms with Crippen molar-refractivity contribution in [1.29, 1.82) is 0 Å². The minimum absolute atomic E-state index is 0.0214. The molecule has 5 heteroatoms. The lowest BCUT2D eigenvalue weighted by molar-refractivity contribution is -0.131. The largest absolute Gasteiger partial charge is 0.504 e. The van der Waals surface area contributed by atoms with Crippen molar-refractivity contribution in [2.45, 2.75) is 0 Å². The fraction of sp³-hybridized carbons (Fsp3) is 0. The van der Waals surface area contributed by atoms with Crippen molar-refractivity contribution in [3.05, 3.63) is 34.1 Å². The van der Waals surface area contributed by atoms with Crippen LogP contribution in [-0.2, 0) is 4.79 Å². The van der Waals surface area contributed by atoms with E-state index in [1.165, 1.54) is 12.1 Å². The quantitative estimate of drug-likeness (QED) is 0.803. The van der Waals surface area contributed by atoms with Crippen LogP contribution in [0.3, 0.4) is 0 Å². The second kappa shape index (κ2) is 4.23. The van der Waals surface area contributed by atoms with Crippen LogP contribution in [0, 0.1) is 5.82 Å². The van der Waals surface area contributed by atoms with Crippen LogP contribution >= 0.6 is 15.9 Å². The summed E-state index contributed by atoms with van der Waals surface area (Å²) in [5.41, 5.74) is 0.0214. The summed E-state index contributed by atoms with van der Waals surface area (Å²) in [6.07, 6.45) is 1.87. The van der Waals surface area contributed by atoms with Crippen LogP contribution in [0.4, 0.5) is 4.39 Å². The van der Waals surface area contributed by atoms with E-state index in [1.807, 2.05) is 0 Å². The molecule has 0 atom stereocenters. The van der Waals surface area contributed by atoms with Crippen LogP contribution in [0.1, 0.15) is 5.56 Å². The summed E-state index contributed by atoms with van der Waals surface area (Å²) in [4.78, 5) is 10.2. The topological polar surface area (TPSA) is 57.5 Å². The molecule has 1 rings (SSSR count). The Hall–Kier alpha value is -1.36. The fourth-order valence-electron chi connectivity index (χ4n) is 0.846. The number of phenols is 1. The molecule has 1 aromatic rings. The lowest BCUT2D eigenvalue weighted by Gasteiger charge is -2.01. The Bertz CT molecular complexity index is 401. The number of aliphatic carboxylic acids is 1. The lowest BCUT2D eigenvalue weighted by Crippen LogP contribution is -1.88. The number of hydrogen-bond acceptors (Lipinski definition) is 2. The van der Waals surface area contributed by atoms with Gasteiger partial charge in [0.1, 0.15) is 0 Å². The molecule has 0 saturated heterocycles. The second-order valence-electron chi connectivity index (χ2n) is 2.47. The number of phenolic OH excluding ortho intramolecular Hbond substituents is 1. The molecule has 0 saturated carbocycles. The van der Waals surface area contributed by atoms with Gasteiger partial charge in [-0.1, -0.05) is 6.07 Å². The summed E-state index contributed by atoms with van der Waals surface area (Å²) in [6.45, 7) is 0. The predicted octanol–water partition coefficient (Wildman–Crippen LogP) is 2.39. The van der Waals surface area contributed by atoms with Gasteiger partial charge in [0.15, 0.2) is 11.6 Å². The van der Waals surface area contributed by atoms with E-state index >= 15 is 0 Å². The minimum atomic E-state index is -1.17. The van der Waals surface area contributed by atoms with Crippen molar-refractivity contribution in [2.75, 3.05) is 0 Å². The van der Waals surface area contributed by atoms with E-state index in [4.69, 9.17) is 10.2 Å². The molecule has 0 radical (unpaired) electrons. The smallest absolute Gasteiger partial charge is 0.328 e. The highest BCUT2D eigenvalue weighted by Gasteiger charge is 2.08. The Balaban J connectivity index is 3.12. The molecule has 0 aromatic heterocycles. The highest BCUT2D eigenvalue weighted by Crippen LogP contribution is 2.29.